The van der Waals surface area contributed by atoms with Crippen molar-refractivity contribution in [1.29, 1.82) is 0 Å². The molecule has 1 fully saturated rings. The van der Waals surface area contributed by atoms with Crippen molar-refractivity contribution in [3.05, 3.63) is 12.7 Å². The summed E-state index contributed by atoms with van der Waals surface area (Å²) in [6, 6.07) is 0. The van der Waals surface area contributed by atoms with Gasteiger partial charge >= 0.3 is 5.97 Å². The number of ketones is 1. The molecule has 0 N–H and O–H groups in total. The van der Waals surface area contributed by atoms with Crippen LogP contribution in [-0.2, 0) is 24.0 Å². The van der Waals surface area contributed by atoms with Crippen LogP contribution >= 0.6 is 0 Å². The predicted molar refractivity (Wildman–Crippen MR) is 70.1 cm³/mol. The Labute approximate surface area is 117 Å². The number of allylic oxidation sites excluding steroid dienone is 1. The minimum atomic E-state index is -0.573. The molecule has 6 nitrogen and oxygen atoms in total. The van der Waals surface area contributed by atoms with Gasteiger partial charge in [-0.2, -0.15) is 0 Å². The third kappa shape index (κ3) is 5.34. The summed E-state index contributed by atoms with van der Waals surface area (Å²) in [5, 5.41) is 0.561. The van der Waals surface area contributed by atoms with Gasteiger partial charge in [-0.05, 0) is 18.9 Å². The molecule has 0 aromatic carbocycles. The summed E-state index contributed by atoms with van der Waals surface area (Å²) in [7, 11) is 0. The molecule has 0 unspecified atom stereocenters. The number of amides is 2. The van der Waals surface area contributed by atoms with Gasteiger partial charge in [0.05, 0.1) is 0 Å². The summed E-state index contributed by atoms with van der Waals surface area (Å²) < 4.78 is 0. The molecule has 0 aromatic heterocycles. The second kappa shape index (κ2) is 8.24. The minimum absolute atomic E-state index is 0.0236. The fourth-order valence-electron chi connectivity index (χ4n) is 1.83. The molecule has 1 aliphatic heterocycles. The van der Waals surface area contributed by atoms with Crippen molar-refractivity contribution < 1.29 is 24.0 Å². The molecule has 0 saturated carbocycles. The zero-order valence-corrected chi connectivity index (χ0v) is 11.4. The third-order valence-corrected chi connectivity index (χ3v) is 2.98. The van der Waals surface area contributed by atoms with E-state index in [2.05, 4.69) is 6.58 Å². The molecular formula is C14H19NO5. The van der Waals surface area contributed by atoms with Crippen LogP contribution in [0.15, 0.2) is 12.7 Å². The number of hydrogen-bond donors (Lipinski definition) is 0. The van der Waals surface area contributed by atoms with Crippen molar-refractivity contribution in [2.24, 2.45) is 0 Å². The summed E-state index contributed by atoms with van der Waals surface area (Å²) in [4.78, 5) is 49.5. The summed E-state index contributed by atoms with van der Waals surface area (Å²) in [5.41, 5.74) is 0. The monoisotopic (exact) mass is 281 g/mol. The van der Waals surface area contributed by atoms with Crippen LogP contribution in [-0.4, -0.2) is 28.6 Å². The molecule has 0 radical (unpaired) electrons. The first kappa shape index (κ1) is 16.1. The number of hydrogen-bond acceptors (Lipinski definition) is 5. The first-order valence-corrected chi connectivity index (χ1v) is 6.76. The Morgan fingerprint density at radius 2 is 1.60 bits per heavy atom. The van der Waals surface area contributed by atoms with Crippen LogP contribution in [0.4, 0.5) is 0 Å². The highest BCUT2D eigenvalue weighted by Crippen LogP contribution is 2.13. The molecule has 1 aliphatic rings. The molecule has 110 valence electrons. The van der Waals surface area contributed by atoms with Crippen molar-refractivity contribution in [2.75, 3.05) is 0 Å². The number of rotatable bonds is 9. The molecule has 0 spiro atoms. The Bertz CT molecular complexity index is 400. The van der Waals surface area contributed by atoms with Gasteiger partial charge in [0.2, 0.25) is 0 Å². The van der Waals surface area contributed by atoms with E-state index < -0.39 is 17.8 Å². The molecule has 1 heterocycles. The van der Waals surface area contributed by atoms with Gasteiger partial charge in [-0.3, -0.25) is 14.4 Å². The first-order valence-electron chi connectivity index (χ1n) is 6.76. The van der Waals surface area contributed by atoms with Gasteiger partial charge < -0.3 is 4.84 Å². The second-order valence-corrected chi connectivity index (χ2v) is 4.63. The third-order valence-electron chi connectivity index (χ3n) is 2.98. The van der Waals surface area contributed by atoms with Crippen molar-refractivity contribution in [2.45, 2.75) is 51.4 Å². The lowest BCUT2D eigenvalue weighted by Crippen LogP contribution is -2.31. The van der Waals surface area contributed by atoms with Gasteiger partial charge in [0.25, 0.3) is 11.8 Å². The van der Waals surface area contributed by atoms with Gasteiger partial charge in [-0.1, -0.05) is 19.4 Å². The van der Waals surface area contributed by atoms with Crippen molar-refractivity contribution >= 4 is 23.6 Å². The average Bonchev–Trinajstić information content (AvgIpc) is 2.74. The van der Waals surface area contributed by atoms with Crippen LogP contribution in [0, 0.1) is 0 Å². The number of imide groups is 1. The van der Waals surface area contributed by atoms with Crippen LogP contribution in [0.2, 0.25) is 0 Å². The van der Waals surface area contributed by atoms with Crippen LogP contribution in [0.1, 0.15) is 51.4 Å². The van der Waals surface area contributed by atoms with Gasteiger partial charge in [-0.15, -0.1) is 5.06 Å². The van der Waals surface area contributed by atoms with E-state index in [9.17, 15) is 19.2 Å². The molecule has 1 saturated heterocycles. The number of hydroxylamine groups is 2. The molecule has 0 bridgehead atoms. The maximum absolute atomic E-state index is 11.4. The van der Waals surface area contributed by atoms with Crippen molar-refractivity contribution in [3.63, 3.8) is 0 Å². The quantitative estimate of drug-likeness (QED) is 0.365. The summed E-state index contributed by atoms with van der Waals surface area (Å²) in [6.45, 7) is 3.39. The molecule has 2 amide bonds. The lowest BCUT2D eigenvalue weighted by atomic mass is 10.1. The Kier molecular flexibility index (Phi) is 6.63. The number of carbonyl (C=O) groups is 4. The maximum atomic E-state index is 11.4. The average molecular weight is 281 g/mol. The molecule has 0 atom stereocenters. The van der Waals surface area contributed by atoms with Crippen molar-refractivity contribution in [1.82, 2.24) is 5.06 Å². The SMILES string of the molecule is C=CC(=O)CCCCCCC(=O)ON1C(=O)CCC1=O. The van der Waals surface area contributed by atoms with Gasteiger partial charge in [0.15, 0.2) is 5.78 Å². The first-order chi connectivity index (χ1) is 9.54. The lowest BCUT2D eigenvalue weighted by Gasteiger charge is -2.12. The second-order valence-electron chi connectivity index (χ2n) is 4.63. The summed E-state index contributed by atoms with van der Waals surface area (Å²) >= 11 is 0. The maximum Gasteiger partial charge on any atom is 0.333 e. The Balaban J connectivity index is 2.08. The van der Waals surface area contributed by atoms with Crippen LogP contribution < -0.4 is 0 Å². The highest BCUT2D eigenvalue weighted by atomic mass is 16.7. The molecule has 1 rings (SSSR count). The van der Waals surface area contributed by atoms with E-state index >= 15 is 0 Å². The zero-order valence-electron chi connectivity index (χ0n) is 11.4. The topological polar surface area (TPSA) is 80.8 Å². The number of unbranched alkanes of at least 4 members (excludes halogenated alkanes) is 3. The van der Waals surface area contributed by atoms with Crippen LogP contribution in [0.25, 0.3) is 0 Å². The van der Waals surface area contributed by atoms with Crippen LogP contribution in [0.5, 0.6) is 0 Å². The number of carbonyl (C=O) groups excluding carboxylic acids is 4. The standard InChI is InChI=1S/C14H19NO5/c1-2-11(16)7-5-3-4-6-8-14(19)20-15-12(17)9-10-13(15)18/h2H,1,3-10H2. The van der Waals surface area contributed by atoms with E-state index in [0.29, 0.717) is 17.9 Å². The molecular weight excluding hydrogens is 262 g/mol. The normalized spacial score (nSPS) is 14.5. The predicted octanol–water partition coefficient (Wildman–Crippen LogP) is 1.69. The van der Waals surface area contributed by atoms with Gasteiger partial charge in [0, 0.05) is 25.7 Å². The van der Waals surface area contributed by atoms with Gasteiger partial charge in [-0.25, -0.2) is 4.79 Å². The molecule has 20 heavy (non-hydrogen) atoms. The van der Waals surface area contributed by atoms with E-state index in [-0.39, 0.29) is 25.0 Å². The molecule has 6 heteroatoms. The Morgan fingerprint density at radius 1 is 1.05 bits per heavy atom. The summed E-state index contributed by atoms with van der Waals surface area (Å²) in [6.07, 6.45) is 5.15. The van der Waals surface area contributed by atoms with E-state index in [1.807, 2.05) is 0 Å². The zero-order chi connectivity index (χ0) is 15.0. The van der Waals surface area contributed by atoms with E-state index in [1.54, 1.807) is 0 Å². The smallest absolute Gasteiger partial charge is 0.330 e. The highest BCUT2D eigenvalue weighted by molar-refractivity contribution is 6.01. The van der Waals surface area contributed by atoms with Crippen molar-refractivity contribution in [3.8, 4) is 0 Å². The van der Waals surface area contributed by atoms with E-state index in [0.717, 1.165) is 19.3 Å². The van der Waals surface area contributed by atoms with E-state index in [4.69, 9.17) is 4.84 Å². The largest absolute Gasteiger partial charge is 0.333 e. The lowest BCUT2D eigenvalue weighted by molar-refractivity contribution is -0.197. The Morgan fingerprint density at radius 3 is 2.15 bits per heavy atom. The van der Waals surface area contributed by atoms with Crippen LogP contribution in [0.3, 0.4) is 0 Å². The fourth-order valence-corrected chi connectivity index (χ4v) is 1.83. The number of nitrogens with zero attached hydrogens (tertiary/aromatic N) is 1. The minimum Gasteiger partial charge on any atom is -0.330 e. The molecule has 0 aromatic rings. The van der Waals surface area contributed by atoms with E-state index in [1.165, 1.54) is 6.08 Å². The summed E-state index contributed by atoms with van der Waals surface area (Å²) in [5.74, 6) is -1.48. The Hall–Kier alpha value is -1.98. The highest BCUT2D eigenvalue weighted by Gasteiger charge is 2.32. The molecule has 0 aliphatic carbocycles. The fraction of sp³-hybridized carbons (Fsp3) is 0.571. The van der Waals surface area contributed by atoms with Gasteiger partial charge in [0.1, 0.15) is 0 Å².